The molecule has 2 amide bonds. The average molecular weight is 369 g/mol. The van der Waals surface area contributed by atoms with Gasteiger partial charge in [0.05, 0.1) is 29.8 Å². The zero-order valence-corrected chi connectivity index (χ0v) is 14.4. The van der Waals surface area contributed by atoms with Crippen molar-refractivity contribution in [2.45, 2.75) is 0 Å². The maximum Gasteiger partial charge on any atom is 0.271 e. The van der Waals surface area contributed by atoms with Crippen LogP contribution >= 0.6 is 23.2 Å². The number of rotatable bonds is 4. The SMILES string of the molecule is COc1cc(C(=O)NNC(=O)c2ccccc2Cl)cc(Cl)c1OC. The molecule has 0 aliphatic rings. The van der Waals surface area contributed by atoms with Crippen LogP contribution in [0, 0.1) is 0 Å². The number of hydrogen-bond donors (Lipinski definition) is 2. The molecule has 2 rings (SSSR count). The Morgan fingerprint density at radius 3 is 2.21 bits per heavy atom. The summed E-state index contributed by atoms with van der Waals surface area (Å²) in [5, 5.41) is 0.484. The van der Waals surface area contributed by atoms with Crippen LogP contribution < -0.4 is 20.3 Å². The molecular weight excluding hydrogens is 355 g/mol. The lowest BCUT2D eigenvalue weighted by Gasteiger charge is -2.12. The number of hydrogen-bond acceptors (Lipinski definition) is 4. The van der Waals surface area contributed by atoms with Crippen molar-refractivity contribution in [2.75, 3.05) is 14.2 Å². The number of benzene rings is 2. The first-order chi connectivity index (χ1) is 11.5. The molecule has 0 aliphatic carbocycles. The van der Waals surface area contributed by atoms with E-state index in [4.69, 9.17) is 32.7 Å². The molecular formula is C16H14Cl2N2O4. The van der Waals surface area contributed by atoms with Gasteiger partial charge in [-0.25, -0.2) is 0 Å². The topological polar surface area (TPSA) is 76.7 Å². The van der Waals surface area contributed by atoms with E-state index in [0.29, 0.717) is 11.5 Å². The Balaban J connectivity index is 2.12. The highest BCUT2D eigenvalue weighted by molar-refractivity contribution is 6.34. The van der Waals surface area contributed by atoms with Crippen molar-refractivity contribution < 1.29 is 19.1 Å². The molecule has 126 valence electrons. The molecule has 2 aromatic rings. The minimum Gasteiger partial charge on any atom is -0.493 e. The summed E-state index contributed by atoms with van der Waals surface area (Å²) in [6, 6.07) is 9.32. The van der Waals surface area contributed by atoms with Crippen molar-refractivity contribution in [1.29, 1.82) is 0 Å². The van der Waals surface area contributed by atoms with E-state index in [-0.39, 0.29) is 21.2 Å². The number of carbonyl (C=O) groups excluding carboxylic acids is 2. The number of carbonyl (C=O) groups is 2. The third kappa shape index (κ3) is 3.90. The second-order valence-electron chi connectivity index (χ2n) is 4.58. The Morgan fingerprint density at radius 2 is 1.58 bits per heavy atom. The van der Waals surface area contributed by atoms with Crippen LogP contribution in [-0.2, 0) is 0 Å². The number of halogens is 2. The zero-order chi connectivity index (χ0) is 17.7. The van der Waals surface area contributed by atoms with Gasteiger partial charge in [0.25, 0.3) is 11.8 Å². The van der Waals surface area contributed by atoms with Gasteiger partial charge < -0.3 is 9.47 Å². The molecule has 8 heteroatoms. The van der Waals surface area contributed by atoms with E-state index < -0.39 is 11.8 Å². The predicted octanol–water partition coefficient (Wildman–Crippen LogP) is 3.09. The molecule has 0 heterocycles. The quantitative estimate of drug-likeness (QED) is 0.813. The molecule has 24 heavy (non-hydrogen) atoms. The van der Waals surface area contributed by atoms with Gasteiger partial charge in [-0.15, -0.1) is 0 Å². The lowest BCUT2D eigenvalue weighted by molar-refractivity contribution is 0.0846. The minimum atomic E-state index is -0.571. The Bertz CT molecular complexity index is 781. The van der Waals surface area contributed by atoms with Crippen LogP contribution in [0.5, 0.6) is 11.5 Å². The van der Waals surface area contributed by atoms with Crippen LogP contribution in [0.4, 0.5) is 0 Å². The van der Waals surface area contributed by atoms with Crippen LogP contribution in [0.2, 0.25) is 10.0 Å². The number of nitrogens with one attached hydrogen (secondary N) is 2. The fourth-order valence-electron chi connectivity index (χ4n) is 1.95. The summed E-state index contributed by atoms with van der Waals surface area (Å²) in [6.45, 7) is 0. The van der Waals surface area contributed by atoms with E-state index in [1.54, 1.807) is 18.2 Å². The Kier molecular flexibility index (Phi) is 5.89. The Hall–Kier alpha value is -2.44. The van der Waals surface area contributed by atoms with Gasteiger partial charge in [0, 0.05) is 5.56 Å². The van der Waals surface area contributed by atoms with Gasteiger partial charge in [-0.2, -0.15) is 0 Å². The van der Waals surface area contributed by atoms with Crippen molar-refractivity contribution >= 4 is 35.0 Å². The second kappa shape index (κ2) is 7.90. The predicted molar refractivity (Wildman–Crippen MR) is 90.9 cm³/mol. The lowest BCUT2D eigenvalue weighted by atomic mass is 10.2. The van der Waals surface area contributed by atoms with E-state index in [2.05, 4.69) is 10.9 Å². The van der Waals surface area contributed by atoms with Gasteiger partial charge in [0.15, 0.2) is 11.5 Å². The van der Waals surface area contributed by atoms with Crippen LogP contribution in [0.1, 0.15) is 20.7 Å². The molecule has 0 spiro atoms. The molecule has 2 aromatic carbocycles. The summed E-state index contributed by atoms with van der Waals surface area (Å²) in [7, 11) is 2.86. The number of ether oxygens (including phenoxy) is 2. The molecule has 0 bridgehead atoms. The van der Waals surface area contributed by atoms with E-state index in [9.17, 15) is 9.59 Å². The Labute approximate surface area is 148 Å². The van der Waals surface area contributed by atoms with Crippen LogP contribution in [-0.4, -0.2) is 26.0 Å². The van der Waals surface area contributed by atoms with Gasteiger partial charge in [-0.1, -0.05) is 35.3 Å². The first-order valence-corrected chi connectivity index (χ1v) is 7.50. The highest BCUT2D eigenvalue weighted by atomic mass is 35.5. The smallest absolute Gasteiger partial charge is 0.271 e. The number of hydrazine groups is 1. The number of amides is 2. The summed E-state index contributed by atoms with van der Waals surface area (Å²) in [6.07, 6.45) is 0. The van der Waals surface area contributed by atoms with Crippen LogP contribution in [0.3, 0.4) is 0 Å². The van der Waals surface area contributed by atoms with Gasteiger partial charge >= 0.3 is 0 Å². The fraction of sp³-hybridized carbons (Fsp3) is 0.125. The van der Waals surface area contributed by atoms with Crippen molar-refractivity contribution in [1.82, 2.24) is 10.9 Å². The zero-order valence-electron chi connectivity index (χ0n) is 12.9. The summed E-state index contributed by atoms with van der Waals surface area (Å²) < 4.78 is 10.2. The first kappa shape index (κ1) is 17.9. The standard InChI is InChI=1S/C16H14Cl2N2O4/c1-23-13-8-9(7-12(18)14(13)24-2)15(21)19-20-16(22)10-5-3-4-6-11(10)17/h3-8H,1-2H3,(H,19,21)(H,20,22). The average Bonchev–Trinajstić information content (AvgIpc) is 2.58. The summed E-state index contributed by atoms with van der Waals surface area (Å²) in [5.74, 6) is -0.498. The van der Waals surface area contributed by atoms with Crippen LogP contribution in [0.25, 0.3) is 0 Å². The summed E-state index contributed by atoms with van der Waals surface area (Å²) >= 11 is 12.0. The van der Waals surface area contributed by atoms with Crippen LogP contribution in [0.15, 0.2) is 36.4 Å². The molecule has 0 saturated carbocycles. The third-order valence-electron chi connectivity index (χ3n) is 3.10. The molecule has 0 aliphatic heterocycles. The van der Waals surface area contributed by atoms with Crippen molar-refractivity contribution in [2.24, 2.45) is 0 Å². The molecule has 0 aromatic heterocycles. The van der Waals surface area contributed by atoms with Crippen molar-refractivity contribution in [3.8, 4) is 11.5 Å². The molecule has 6 nitrogen and oxygen atoms in total. The highest BCUT2D eigenvalue weighted by Crippen LogP contribution is 2.35. The van der Waals surface area contributed by atoms with E-state index in [1.165, 1.54) is 32.4 Å². The number of methoxy groups -OCH3 is 2. The van der Waals surface area contributed by atoms with E-state index in [1.807, 2.05) is 0 Å². The van der Waals surface area contributed by atoms with E-state index in [0.717, 1.165) is 0 Å². The summed E-state index contributed by atoms with van der Waals surface area (Å²) in [5.41, 5.74) is 5.01. The third-order valence-corrected chi connectivity index (χ3v) is 3.71. The Morgan fingerprint density at radius 1 is 0.917 bits per heavy atom. The fourth-order valence-corrected chi connectivity index (χ4v) is 2.46. The second-order valence-corrected chi connectivity index (χ2v) is 5.40. The molecule has 0 saturated heterocycles. The van der Waals surface area contributed by atoms with Gasteiger partial charge in [-0.3, -0.25) is 20.4 Å². The van der Waals surface area contributed by atoms with Gasteiger partial charge in [-0.05, 0) is 24.3 Å². The highest BCUT2D eigenvalue weighted by Gasteiger charge is 2.16. The maximum atomic E-state index is 12.2. The van der Waals surface area contributed by atoms with E-state index >= 15 is 0 Å². The van der Waals surface area contributed by atoms with Gasteiger partial charge in [0.1, 0.15) is 0 Å². The largest absolute Gasteiger partial charge is 0.493 e. The monoisotopic (exact) mass is 368 g/mol. The molecule has 0 fully saturated rings. The van der Waals surface area contributed by atoms with Crippen molar-refractivity contribution in [3.05, 3.63) is 57.6 Å². The lowest BCUT2D eigenvalue weighted by Crippen LogP contribution is -2.41. The minimum absolute atomic E-state index is 0.192. The van der Waals surface area contributed by atoms with Crippen molar-refractivity contribution in [3.63, 3.8) is 0 Å². The molecule has 0 atom stereocenters. The molecule has 2 N–H and O–H groups in total. The van der Waals surface area contributed by atoms with Gasteiger partial charge in [0.2, 0.25) is 0 Å². The first-order valence-electron chi connectivity index (χ1n) is 6.74. The molecule has 0 radical (unpaired) electrons. The summed E-state index contributed by atoms with van der Waals surface area (Å²) in [4.78, 5) is 24.2. The molecule has 0 unspecified atom stereocenters. The normalized spacial score (nSPS) is 10.0. The maximum absolute atomic E-state index is 12.2.